The van der Waals surface area contributed by atoms with Gasteiger partial charge < -0.3 is 4.84 Å². The van der Waals surface area contributed by atoms with Crippen LogP contribution in [0.2, 0.25) is 0 Å². The average molecular weight is 240 g/mol. The van der Waals surface area contributed by atoms with Gasteiger partial charge in [0.2, 0.25) is 0 Å². The Morgan fingerprint density at radius 1 is 1.31 bits per heavy atom. The maximum absolute atomic E-state index is 11.1. The number of fused-ring (bicyclic) bond motifs is 1. The minimum Gasteiger partial charge on any atom is -0.331 e. The van der Waals surface area contributed by atoms with Crippen LogP contribution in [0.3, 0.4) is 0 Å². The largest absolute Gasteiger partial charge is 0.415 e. The standard InChI is InChI=1S/C11H10ClNO3/c12-10(14)11(15)16-13-7-3-5-8-4-1-2-6-9(8)13/h1-2,4,6H,3,5,7H2. The summed E-state index contributed by atoms with van der Waals surface area (Å²) >= 11 is 5.03. The second-order valence-corrected chi connectivity index (χ2v) is 3.83. The van der Waals surface area contributed by atoms with Gasteiger partial charge in [0.1, 0.15) is 0 Å². The SMILES string of the molecule is O=C(Cl)C(=O)ON1CCCc2ccccc21. The molecule has 0 spiro atoms. The predicted molar refractivity (Wildman–Crippen MR) is 59.1 cm³/mol. The lowest BCUT2D eigenvalue weighted by atomic mass is 10.0. The molecule has 84 valence electrons. The third-order valence-electron chi connectivity index (χ3n) is 2.42. The van der Waals surface area contributed by atoms with Crippen LogP contribution in [0.5, 0.6) is 0 Å². The minimum atomic E-state index is -1.11. The van der Waals surface area contributed by atoms with Crippen molar-refractivity contribution in [2.75, 3.05) is 11.6 Å². The summed E-state index contributed by atoms with van der Waals surface area (Å²) in [5, 5.41) is 0.310. The molecule has 0 N–H and O–H groups in total. The first-order valence-electron chi connectivity index (χ1n) is 4.95. The molecule has 2 rings (SSSR count). The molecule has 1 aliphatic rings. The molecule has 0 radical (unpaired) electrons. The number of carbonyl (C=O) groups excluding carboxylic acids is 2. The molecule has 1 aromatic rings. The maximum Gasteiger partial charge on any atom is 0.415 e. The van der Waals surface area contributed by atoms with E-state index in [2.05, 4.69) is 0 Å². The third kappa shape index (κ3) is 2.17. The molecule has 0 atom stereocenters. The quantitative estimate of drug-likeness (QED) is 0.582. The molecule has 16 heavy (non-hydrogen) atoms. The van der Waals surface area contributed by atoms with Gasteiger partial charge in [-0.25, -0.2) is 9.86 Å². The van der Waals surface area contributed by atoms with Crippen molar-refractivity contribution < 1.29 is 14.4 Å². The fourth-order valence-corrected chi connectivity index (χ4v) is 1.76. The van der Waals surface area contributed by atoms with E-state index in [1.807, 2.05) is 24.3 Å². The van der Waals surface area contributed by atoms with Crippen LogP contribution >= 0.6 is 11.6 Å². The summed E-state index contributed by atoms with van der Waals surface area (Å²) in [6.45, 7) is 0.576. The van der Waals surface area contributed by atoms with Gasteiger partial charge in [0.15, 0.2) is 0 Å². The number of hydrogen-bond donors (Lipinski definition) is 0. The van der Waals surface area contributed by atoms with E-state index in [1.54, 1.807) is 0 Å². The van der Waals surface area contributed by atoms with E-state index in [0.717, 1.165) is 24.1 Å². The van der Waals surface area contributed by atoms with E-state index >= 15 is 0 Å². The lowest BCUT2D eigenvalue weighted by Gasteiger charge is -2.28. The molecule has 0 amide bonds. The van der Waals surface area contributed by atoms with Gasteiger partial charge in [-0.3, -0.25) is 4.79 Å². The molecule has 0 fully saturated rings. The summed E-state index contributed by atoms with van der Waals surface area (Å²) in [5.74, 6) is -1.04. The third-order valence-corrected chi connectivity index (χ3v) is 2.58. The zero-order chi connectivity index (χ0) is 11.5. The normalized spacial score (nSPS) is 14.2. The van der Waals surface area contributed by atoms with Crippen molar-refractivity contribution in [2.24, 2.45) is 0 Å². The zero-order valence-corrected chi connectivity index (χ0v) is 9.24. The Morgan fingerprint density at radius 2 is 2.06 bits per heavy atom. The Balaban J connectivity index is 2.19. The van der Waals surface area contributed by atoms with Gasteiger partial charge in [-0.15, -0.1) is 0 Å². The van der Waals surface area contributed by atoms with Crippen LogP contribution in [0.25, 0.3) is 0 Å². The van der Waals surface area contributed by atoms with Gasteiger partial charge in [0, 0.05) is 0 Å². The Kier molecular flexibility index (Phi) is 3.10. The maximum atomic E-state index is 11.1. The summed E-state index contributed by atoms with van der Waals surface area (Å²) in [4.78, 5) is 26.6. The summed E-state index contributed by atoms with van der Waals surface area (Å²) in [7, 11) is 0. The molecule has 0 unspecified atom stereocenters. The van der Waals surface area contributed by atoms with Crippen molar-refractivity contribution in [3.05, 3.63) is 29.8 Å². The number of hydrogen-bond acceptors (Lipinski definition) is 4. The zero-order valence-electron chi connectivity index (χ0n) is 8.48. The highest BCUT2D eigenvalue weighted by Crippen LogP contribution is 2.26. The Morgan fingerprint density at radius 3 is 2.81 bits per heavy atom. The van der Waals surface area contributed by atoms with Crippen LogP contribution in [0.1, 0.15) is 12.0 Å². The molecular weight excluding hydrogens is 230 g/mol. The number of rotatable bonds is 2. The molecule has 1 aromatic carbocycles. The Bertz CT molecular complexity index is 433. The van der Waals surface area contributed by atoms with Crippen LogP contribution in [-0.2, 0) is 20.8 Å². The van der Waals surface area contributed by atoms with Gasteiger partial charge in [0.05, 0.1) is 12.2 Å². The van der Waals surface area contributed by atoms with Crippen molar-refractivity contribution in [3.63, 3.8) is 0 Å². The number of nitrogens with zero attached hydrogens (tertiary/aromatic N) is 1. The molecule has 0 aliphatic carbocycles. The second-order valence-electron chi connectivity index (χ2n) is 3.49. The number of anilines is 1. The summed E-state index contributed by atoms with van der Waals surface area (Å²) in [5.41, 5.74) is 1.92. The Labute approximate surface area is 97.7 Å². The topological polar surface area (TPSA) is 46.6 Å². The molecule has 5 heteroatoms. The number of aryl methyl sites for hydroxylation is 1. The highest BCUT2D eigenvalue weighted by molar-refractivity contribution is 6.80. The van der Waals surface area contributed by atoms with E-state index < -0.39 is 11.2 Å². The first-order chi connectivity index (χ1) is 7.68. The van der Waals surface area contributed by atoms with Gasteiger partial charge in [0.25, 0.3) is 0 Å². The van der Waals surface area contributed by atoms with E-state index in [-0.39, 0.29) is 0 Å². The van der Waals surface area contributed by atoms with E-state index in [1.165, 1.54) is 5.06 Å². The second kappa shape index (κ2) is 4.53. The smallest absolute Gasteiger partial charge is 0.331 e. The van der Waals surface area contributed by atoms with Crippen molar-refractivity contribution in [1.29, 1.82) is 0 Å². The van der Waals surface area contributed by atoms with Gasteiger partial charge in [-0.1, -0.05) is 18.2 Å². The van der Waals surface area contributed by atoms with Crippen molar-refractivity contribution in [2.45, 2.75) is 12.8 Å². The van der Waals surface area contributed by atoms with Crippen LogP contribution in [-0.4, -0.2) is 17.8 Å². The first kappa shape index (κ1) is 11.0. The lowest BCUT2D eigenvalue weighted by molar-refractivity contribution is -0.151. The highest BCUT2D eigenvalue weighted by atomic mass is 35.5. The Hall–Kier alpha value is -1.55. The van der Waals surface area contributed by atoms with E-state index in [9.17, 15) is 9.59 Å². The number of hydroxylamine groups is 1. The summed E-state index contributed by atoms with van der Waals surface area (Å²) in [6.07, 6.45) is 1.82. The molecule has 1 aliphatic heterocycles. The van der Waals surface area contributed by atoms with Crippen LogP contribution in [0.4, 0.5) is 5.69 Å². The van der Waals surface area contributed by atoms with Crippen molar-refractivity contribution in [3.8, 4) is 0 Å². The molecule has 0 aromatic heterocycles. The summed E-state index contributed by atoms with van der Waals surface area (Å²) in [6, 6.07) is 7.60. The number of carbonyl (C=O) groups is 2. The lowest BCUT2D eigenvalue weighted by Crippen LogP contribution is -2.33. The van der Waals surface area contributed by atoms with Gasteiger partial charge >= 0.3 is 11.2 Å². The molecule has 4 nitrogen and oxygen atoms in total. The number of para-hydroxylation sites is 1. The van der Waals surface area contributed by atoms with E-state index in [0.29, 0.717) is 6.54 Å². The summed E-state index contributed by atoms with van der Waals surface area (Å²) < 4.78 is 0. The fourth-order valence-electron chi connectivity index (χ4n) is 1.73. The molecule has 0 saturated carbocycles. The van der Waals surface area contributed by atoms with E-state index in [4.69, 9.17) is 16.4 Å². The minimum absolute atomic E-state index is 0.576. The predicted octanol–water partition coefficient (Wildman–Crippen LogP) is 1.66. The highest BCUT2D eigenvalue weighted by Gasteiger charge is 2.22. The van der Waals surface area contributed by atoms with Gasteiger partial charge in [-0.05, 0) is 36.1 Å². The molecule has 0 saturated heterocycles. The van der Waals surface area contributed by atoms with Crippen LogP contribution < -0.4 is 5.06 Å². The monoisotopic (exact) mass is 239 g/mol. The fraction of sp³-hybridized carbons (Fsp3) is 0.273. The van der Waals surface area contributed by atoms with Crippen molar-refractivity contribution >= 4 is 28.5 Å². The van der Waals surface area contributed by atoms with Crippen LogP contribution in [0.15, 0.2) is 24.3 Å². The van der Waals surface area contributed by atoms with Crippen LogP contribution in [0, 0.1) is 0 Å². The molecule has 0 bridgehead atoms. The van der Waals surface area contributed by atoms with Crippen molar-refractivity contribution in [1.82, 2.24) is 0 Å². The average Bonchev–Trinajstić information content (AvgIpc) is 2.29. The molecular formula is C11H10ClNO3. The molecule has 1 heterocycles. The van der Waals surface area contributed by atoms with Gasteiger partial charge in [-0.2, -0.15) is 0 Å². The number of halogens is 1. The number of benzene rings is 1. The first-order valence-corrected chi connectivity index (χ1v) is 5.33.